The zero-order valence-corrected chi connectivity index (χ0v) is 14.4. The van der Waals surface area contributed by atoms with Crippen LogP contribution >= 0.6 is 11.6 Å². The molecule has 0 unspecified atom stereocenters. The molecule has 1 heterocycles. The van der Waals surface area contributed by atoms with Gasteiger partial charge in [0.25, 0.3) is 5.91 Å². The summed E-state index contributed by atoms with van der Waals surface area (Å²) in [6.07, 6.45) is 2.48. The van der Waals surface area contributed by atoms with Gasteiger partial charge in [-0.1, -0.05) is 11.6 Å². The van der Waals surface area contributed by atoms with E-state index in [0.717, 1.165) is 19.3 Å². The third-order valence-electron chi connectivity index (χ3n) is 4.51. The molecular formula is C17H24ClNO4. The number of aliphatic hydroxyl groups is 1. The number of rotatable bonds is 6. The number of likely N-dealkylation sites (tertiary alicyclic amines) is 1. The molecule has 1 amide bonds. The van der Waals surface area contributed by atoms with Crippen LogP contribution in [0.2, 0.25) is 5.02 Å². The van der Waals surface area contributed by atoms with Crippen molar-refractivity contribution in [1.82, 2.24) is 4.90 Å². The number of nitrogens with zero attached hydrogens (tertiary/aromatic N) is 1. The van der Waals surface area contributed by atoms with Gasteiger partial charge in [0.15, 0.2) is 0 Å². The fourth-order valence-corrected chi connectivity index (χ4v) is 3.30. The van der Waals surface area contributed by atoms with Crippen LogP contribution in [0.25, 0.3) is 0 Å². The Labute approximate surface area is 142 Å². The molecule has 0 saturated carbocycles. The fourth-order valence-electron chi connectivity index (χ4n) is 3.13. The third-order valence-corrected chi connectivity index (χ3v) is 4.75. The van der Waals surface area contributed by atoms with Gasteiger partial charge in [-0.05, 0) is 37.5 Å². The van der Waals surface area contributed by atoms with E-state index in [9.17, 15) is 9.90 Å². The summed E-state index contributed by atoms with van der Waals surface area (Å²) in [7, 11) is 3.18. The maximum atomic E-state index is 12.9. The number of benzene rings is 1. The van der Waals surface area contributed by atoms with Crippen molar-refractivity contribution in [1.29, 1.82) is 0 Å². The minimum Gasteiger partial charge on any atom is -0.496 e. The molecule has 6 heteroatoms. The highest BCUT2D eigenvalue weighted by Gasteiger charge is 2.37. The highest BCUT2D eigenvalue weighted by atomic mass is 35.5. The molecule has 1 fully saturated rings. The monoisotopic (exact) mass is 341 g/mol. The summed E-state index contributed by atoms with van der Waals surface area (Å²) < 4.78 is 10.4. The van der Waals surface area contributed by atoms with Crippen LogP contribution in [0.1, 0.15) is 29.6 Å². The van der Waals surface area contributed by atoms with Crippen LogP contribution in [-0.2, 0) is 4.74 Å². The highest BCUT2D eigenvalue weighted by Crippen LogP contribution is 2.34. The molecule has 0 spiro atoms. The second-order valence-electron chi connectivity index (χ2n) is 6.08. The van der Waals surface area contributed by atoms with Gasteiger partial charge in [-0.2, -0.15) is 0 Å². The van der Waals surface area contributed by atoms with Crippen LogP contribution in [0.3, 0.4) is 0 Å². The Kier molecular flexibility index (Phi) is 6.27. The Balaban J connectivity index is 2.20. The van der Waals surface area contributed by atoms with E-state index < -0.39 is 0 Å². The van der Waals surface area contributed by atoms with Gasteiger partial charge in [-0.25, -0.2) is 0 Å². The lowest BCUT2D eigenvalue weighted by Gasteiger charge is -2.42. The molecule has 0 aromatic heterocycles. The summed E-state index contributed by atoms with van der Waals surface area (Å²) in [6, 6.07) is 5.03. The number of hydrogen-bond donors (Lipinski definition) is 1. The molecule has 5 nitrogen and oxygen atoms in total. The number of carbonyl (C=O) groups is 1. The van der Waals surface area contributed by atoms with E-state index in [0.29, 0.717) is 36.0 Å². The number of ether oxygens (including phenoxy) is 2. The molecule has 2 rings (SSSR count). The average molecular weight is 342 g/mol. The van der Waals surface area contributed by atoms with Crippen LogP contribution in [0.5, 0.6) is 5.75 Å². The third kappa shape index (κ3) is 4.16. The molecule has 1 saturated heterocycles. The van der Waals surface area contributed by atoms with Crippen molar-refractivity contribution < 1.29 is 19.4 Å². The van der Waals surface area contributed by atoms with Gasteiger partial charge in [-0.3, -0.25) is 4.79 Å². The predicted octanol–water partition coefficient (Wildman–Crippen LogP) is 2.60. The first kappa shape index (κ1) is 18.0. The largest absolute Gasteiger partial charge is 0.496 e. The van der Waals surface area contributed by atoms with Gasteiger partial charge in [-0.15, -0.1) is 0 Å². The Morgan fingerprint density at radius 1 is 1.43 bits per heavy atom. The van der Waals surface area contributed by atoms with Crippen LogP contribution in [0, 0.1) is 5.41 Å². The topological polar surface area (TPSA) is 59.0 Å². The average Bonchev–Trinajstić information content (AvgIpc) is 2.59. The molecule has 0 aliphatic carbocycles. The molecule has 128 valence electrons. The number of hydrogen-bond acceptors (Lipinski definition) is 4. The summed E-state index contributed by atoms with van der Waals surface area (Å²) in [5, 5.41) is 10.3. The molecule has 1 aromatic rings. The van der Waals surface area contributed by atoms with Crippen molar-refractivity contribution in [3.8, 4) is 5.75 Å². The van der Waals surface area contributed by atoms with Gasteiger partial charge >= 0.3 is 0 Å². The van der Waals surface area contributed by atoms with Gasteiger partial charge < -0.3 is 19.5 Å². The highest BCUT2D eigenvalue weighted by molar-refractivity contribution is 6.31. The second-order valence-corrected chi connectivity index (χ2v) is 6.51. The number of amides is 1. The summed E-state index contributed by atoms with van der Waals surface area (Å²) in [5.74, 6) is 0.399. The number of carbonyl (C=O) groups excluding carboxylic acids is 1. The van der Waals surface area contributed by atoms with E-state index >= 15 is 0 Å². The summed E-state index contributed by atoms with van der Waals surface area (Å²) in [6.45, 7) is 1.81. The molecule has 1 N–H and O–H groups in total. The van der Waals surface area contributed by atoms with E-state index in [2.05, 4.69) is 0 Å². The van der Waals surface area contributed by atoms with E-state index in [1.165, 1.54) is 7.11 Å². The van der Waals surface area contributed by atoms with Crippen molar-refractivity contribution in [3.05, 3.63) is 28.8 Å². The summed E-state index contributed by atoms with van der Waals surface area (Å²) in [5.41, 5.74) is 0.163. The number of methoxy groups -OCH3 is 2. The van der Waals surface area contributed by atoms with Gasteiger partial charge in [0, 0.05) is 37.2 Å². The van der Waals surface area contributed by atoms with Crippen molar-refractivity contribution >= 4 is 17.5 Å². The van der Waals surface area contributed by atoms with Gasteiger partial charge in [0.2, 0.25) is 0 Å². The lowest BCUT2D eigenvalue weighted by molar-refractivity contribution is 0.00886. The van der Waals surface area contributed by atoms with Crippen molar-refractivity contribution in [2.45, 2.75) is 19.3 Å². The Morgan fingerprint density at radius 2 is 2.22 bits per heavy atom. The normalized spacial score (nSPS) is 21.3. The first-order chi connectivity index (χ1) is 11.0. The second kappa shape index (κ2) is 7.99. The smallest absolute Gasteiger partial charge is 0.257 e. The van der Waals surface area contributed by atoms with E-state index in [-0.39, 0.29) is 17.9 Å². The fraction of sp³-hybridized carbons (Fsp3) is 0.588. The van der Waals surface area contributed by atoms with E-state index in [1.54, 1.807) is 30.2 Å². The molecule has 23 heavy (non-hydrogen) atoms. The standard InChI is InChI=1S/C17H24ClNO4/c1-22-9-7-17(12-20)6-3-8-19(11-17)16(21)14-10-13(18)4-5-15(14)23-2/h4-5,10,20H,3,6-9,11-12H2,1-2H3/t17-/m0/s1. The molecule has 1 aromatic carbocycles. The lowest BCUT2D eigenvalue weighted by Crippen LogP contribution is -2.48. The van der Waals surface area contributed by atoms with Crippen LogP contribution < -0.4 is 4.74 Å². The Morgan fingerprint density at radius 3 is 2.87 bits per heavy atom. The summed E-state index contributed by atoms with van der Waals surface area (Å²) in [4.78, 5) is 14.7. The lowest BCUT2D eigenvalue weighted by atomic mass is 9.78. The maximum Gasteiger partial charge on any atom is 0.257 e. The molecular weight excluding hydrogens is 318 g/mol. The predicted molar refractivity (Wildman–Crippen MR) is 89.2 cm³/mol. The van der Waals surface area contributed by atoms with Gasteiger partial charge in [0.1, 0.15) is 5.75 Å². The first-order valence-electron chi connectivity index (χ1n) is 7.78. The molecule has 1 atom stereocenters. The van der Waals surface area contributed by atoms with Crippen LogP contribution in [-0.4, -0.2) is 56.4 Å². The Bertz CT molecular complexity index is 551. The number of halogens is 1. The SMILES string of the molecule is COCC[C@@]1(CO)CCCN(C(=O)c2cc(Cl)ccc2OC)C1. The summed E-state index contributed by atoms with van der Waals surface area (Å²) >= 11 is 6.03. The van der Waals surface area contributed by atoms with Crippen LogP contribution in [0.4, 0.5) is 0 Å². The molecule has 1 aliphatic heterocycles. The van der Waals surface area contributed by atoms with Crippen molar-refractivity contribution in [2.75, 3.05) is 40.5 Å². The molecule has 1 aliphatic rings. The van der Waals surface area contributed by atoms with Crippen molar-refractivity contribution in [2.24, 2.45) is 5.41 Å². The maximum absolute atomic E-state index is 12.9. The zero-order chi connectivity index (χ0) is 16.9. The first-order valence-corrected chi connectivity index (χ1v) is 8.15. The number of aliphatic hydroxyl groups excluding tert-OH is 1. The van der Waals surface area contributed by atoms with Crippen LogP contribution in [0.15, 0.2) is 18.2 Å². The van der Waals surface area contributed by atoms with E-state index in [1.807, 2.05) is 0 Å². The zero-order valence-electron chi connectivity index (χ0n) is 13.7. The quantitative estimate of drug-likeness (QED) is 0.864. The Hall–Kier alpha value is -1.30. The molecule has 0 bridgehead atoms. The van der Waals surface area contributed by atoms with Gasteiger partial charge in [0.05, 0.1) is 19.3 Å². The number of piperidine rings is 1. The van der Waals surface area contributed by atoms with E-state index in [4.69, 9.17) is 21.1 Å². The van der Waals surface area contributed by atoms with Crippen molar-refractivity contribution in [3.63, 3.8) is 0 Å². The minimum absolute atomic E-state index is 0.0484. The minimum atomic E-state index is -0.296. The molecule has 0 radical (unpaired) electrons.